The van der Waals surface area contributed by atoms with Crippen LogP contribution in [-0.4, -0.2) is 150 Å². The zero-order chi connectivity index (χ0) is 75.6. The average Bonchev–Trinajstić information content (AvgIpc) is 1.64. The summed E-state index contributed by atoms with van der Waals surface area (Å²) in [6, 6.07) is 19.9. The van der Waals surface area contributed by atoms with Crippen LogP contribution in [0, 0.1) is 6.92 Å². The Bertz CT molecular complexity index is 5190. The summed E-state index contributed by atoms with van der Waals surface area (Å²) in [5.74, 6) is -1.36. The number of aliphatic hydroxyl groups excluding tert-OH is 1. The van der Waals surface area contributed by atoms with E-state index >= 15 is 13.7 Å². The van der Waals surface area contributed by atoms with Crippen LogP contribution >= 0.6 is 89.3 Å². The number of Topliss-reactive ketones (excluding diaryl/α,β-unsaturated/α-hetero) is 1. The van der Waals surface area contributed by atoms with E-state index in [9.17, 15) is 33.9 Å². The summed E-state index contributed by atoms with van der Waals surface area (Å²) in [6.07, 6.45) is -9.75. The summed E-state index contributed by atoms with van der Waals surface area (Å²) < 4.78 is 124. The number of nitrogens with two attached hydrogens (primary N) is 3. The van der Waals surface area contributed by atoms with E-state index in [0.717, 1.165) is 9.13 Å². The van der Waals surface area contributed by atoms with Crippen molar-refractivity contribution in [1.29, 1.82) is 0 Å². The van der Waals surface area contributed by atoms with Crippen LogP contribution in [0.3, 0.4) is 0 Å². The maximum absolute atomic E-state index is 16.4. The highest BCUT2D eigenvalue weighted by Crippen LogP contribution is 2.69. The van der Waals surface area contributed by atoms with Crippen molar-refractivity contribution in [1.82, 2.24) is 58.1 Å². The van der Waals surface area contributed by atoms with Crippen molar-refractivity contribution in [3.05, 3.63) is 173 Å². The summed E-state index contributed by atoms with van der Waals surface area (Å²) >= 11 is 21.0. The van der Waals surface area contributed by atoms with E-state index in [1.54, 1.807) is 36.4 Å². The predicted molar refractivity (Wildman–Crippen MR) is 389 cm³/mol. The SMILES string of the molecule is CC(=O)CCC(=O)O[C@H]1C[C@H](n2ccc(N)nc2=O)O[C@@H]1COP(=O)(O[C@H]1C[C@H](n2cnc3c(N)ncnc32)O[C@@H]1COP(=O)(O[C@H]1C[C@H](n2cnc3c(=O)[nH]c(N)nc32)O[C@@H]1COP(=O)(O[C@H]1C[C@H](n2cc(C)c(=O)[nH]c2=O)O[C@@H]1CO)Sc1ccc(Cl)cc1)Sc1ccc(Cl)cc1)Sc1ccc(Cl)cc1. The Labute approximate surface area is 631 Å². The third kappa shape index (κ3) is 18.7. The fraction of sp³-hybridized carbons (Fsp3) is 0.387. The highest BCUT2D eigenvalue weighted by Gasteiger charge is 2.50. The van der Waals surface area contributed by atoms with Crippen molar-refractivity contribution in [3.63, 3.8) is 0 Å². The minimum atomic E-state index is -4.84. The molecule has 15 atom stereocenters. The summed E-state index contributed by atoms with van der Waals surface area (Å²) in [5.41, 5.74) is 15.6. The number of halogens is 3. The first-order valence-electron chi connectivity index (χ1n) is 32.5. The van der Waals surface area contributed by atoms with Gasteiger partial charge in [-0.15, -0.1) is 0 Å². The minimum absolute atomic E-state index is 0.0312. The van der Waals surface area contributed by atoms with Crippen molar-refractivity contribution < 1.29 is 79.2 Å². The molecule has 6 aromatic heterocycles. The number of aryl methyl sites for hydroxylation is 1. The number of nitrogens with one attached hydrogen (secondary N) is 2. The normalized spacial score (nSPS) is 24.7. The Morgan fingerprint density at radius 1 is 0.570 bits per heavy atom. The van der Waals surface area contributed by atoms with Crippen molar-refractivity contribution in [3.8, 4) is 0 Å². The molecule has 13 rings (SSSR count). The first-order chi connectivity index (χ1) is 51.1. The van der Waals surface area contributed by atoms with E-state index in [1.165, 1.54) is 96.8 Å². The number of aliphatic hydroxyl groups is 1. The van der Waals surface area contributed by atoms with Crippen LogP contribution in [-0.2, 0) is 74.1 Å². The van der Waals surface area contributed by atoms with Gasteiger partial charge < -0.3 is 50.8 Å². The zero-order valence-corrected chi connectivity index (χ0v) is 63.3. The first kappa shape index (κ1) is 78.0. The molecule has 0 radical (unpaired) electrons. The maximum Gasteiger partial charge on any atom is 0.394 e. The molecule has 0 saturated carbocycles. The number of aromatic nitrogens is 12. The minimum Gasteiger partial charge on any atom is -0.459 e. The fourth-order valence-corrected chi connectivity index (χ4v) is 22.7. The van der Waals surface area contributed by atoms with Gasteiger partial charge in [-0.2, -0.15) is 9.97 Å². The van der Waals surface area contributed by atoms with E-state index in [0.29, 0.717) is 63.9 Å². The number of hydrogen-bond acceptors (Lipinski definition) is 33. The molecule has 3 aromatic carbocycles. The lowest BCUT2D eigenvalue weighted by Gasteiger charge is -2.28. The molecule has 9 N–H and O–H groups in total. The lowest BCUT2D eigenvalue weighted by atomic mass is 10.2. The average molecular weight is 1650 g/mol. The molecule has 0 bridgehead atoms. The van der Waals surface area contributed by atoms with Crippen LogP contribution in [0.1, 0.15) is 75.9 Å². The number of benzene rings is 3. The van der Waals surface area contributed by atoms with Crippen LogP contribution < -0.4 is 39.7 Å². The predicted octanol–water partition coefficient (Wildman–Crippen LogP) is 9.11. The third-order valence-corrected chi connectivity index (χ3v) is 28.5. The molecule has 3 unspecified atom stereocenters. The molecule has 0 spiro atoms. The van der Waals surface area contributed by atoms with E-state index in [1.807, 2.05) is 0 Å². The van der Waals surface area contributed by atoms with E-state index in [-0.39, 0.29) is 89.8 Å². The van der Waals surface area contributed by atoms with Crippen LogP contribution in [0.25, 0.3) is 22.3 Å². The molecule has 4 aliphatic rings. The van der Waals surface area contributed by atoms with Crippen LogP contribution in [0.4, 0.5) is 17.6 Å². The molecule has 0 aliphatic carbocycles. The second-order valence-electron chi connectivity index (χ2n) is 24.5. The summed E-state index contributed by atoms with van der Waals surface area (Å²) in [6.45, 7) is -14.1. The van der Waals surface area contributed by atoms with Gasteiger partial charge in [0.1, 0.15) is 97.2 Å². The van der Waals surface area contributed by atoms with Crippen molar-refractivity contribution >= 4 is 141 Å². The molecule has 0 amide bonds. The highest BCUT2D eigenvalue weighted by atomic mass is 35.5. The number of imidazole rings is 2. The molecule has 10 heterocycles. The quantitative estimate of drug-likeness (QED) is 0.0180. The molecule has 9 aromatic rings. The van der Waals surface area contributed by atoms with Crippen LogP contribution in [0.2, 0.25) is 15.1 Å². The number of nitrogens with zero attached hydrogens (tertiary/aromatic N) is 10. The van der Waals surface area contributed by atoms with Gasteiger partial charge in [-0.25, -0.2) is 43.2 Å². The summed E-state index contributed by atoms with van der Waals surface area (Å²) in [4.78, 5) is 108. The van der Waals surface area contributed by atoms with Crippen LogP contribution in [0.15, 0.2) is 144 Å². The molecular formula is C62H65Cl3N15O21P3S3. The molecule has 36 nitrogen and oxygen atoms in total. The number of esters is 1. The molecule has 107 heavy (non-hydrogen) atoms. The third-order valence-electron chi connectivity index (χ3n) is 17.0. The van der Waals surface area contributed by atoms with E-state index < -0.39 is 149 Å². The molecule has 4 fully saturated rings. The van der Waals surface area contributed by atoms with E-state index in [4.69, 9.17) is 103 Å². The van der Waals surface area contributed by atoms with Gasteiger partial charge in [0.25, 0.3) is 11.1 Å². The Kier molecular flexibility index (Phi) is 24.2. The lowest BCUT2D eigenvalue weighted by molar-refractivity contribution is -0.153. The van der Waals surface area contributed by atoms with Gasteiger partial charge in [0.15, 0.2) is 22.6 Å². The molecule has 4 saturated heterocycles. The Morgan fingerprint density at radius 2 is 1.03 bits per heavy atom. The van der Waals surface area contributed by atoms with Crippen molar-refractivity contribution in [2.24, 2.45) is 0 Å². The Hall–Kier alpha value is -7.17. The number of nitrogen functional groups attached to an aromatic ring is 3. The lowest BCUT2D eigenvalue weighted by Crippen LogP contribution is -2.33. The second kappa shape index (κ2) is 33.2. The molecule has 45 heteroatoms. The van der Waals surface area contributed by atoms with Gasteiger partial charge in [-0.1, -0.05) is 34.8 Å². The highest BCUT2D eigenvalue weighted by molar-refractivity contribution is 8.55. The van der Waals surface area contributed by atoms with Crippen molar-refractivity contribution in [2.75, 3.05) is 43.6 Å². The Morgan fingerprint density at radius 3 is 1.53 bits per heavy atom. The Balaban J connectivity index is 0.833. The smallest absolute Gasteiger partial charge is 0.394 e. The molecule has 568 valence electrons. The number of carbonyl (C=O) groups excluding carboxylic acids is 2. The molecule has 4 aliphatic heterocycles. The number of ketones is 1. The second-order valence-corrected chi connectivity index (χ2v) is 37.6. The number of ether oxygens (including phenoxy) is 5. The standard InChI is InChI=1S/C62H65Cl3N15O21P3S3/c1-31-23-78(62(87)76-58(31)84)49-20-40(43(24-81)94-49)99-102(88,105-36-10-4-33(63)5-11-36)92-27-46-42(22-51(97-46)80-30-72-54-57(80)74-60(68)75-59(54)85)101-104(90,107-38-14-8-35(65)9-15-38)93-26-45-41(21-50(96-45)79-29-71-53-55(67)69-28-70-56(53)79)100-103(89,106-37-12-6-34(64)7-13-37)91-25-44-39(98-52(83)16-3-32(2)82)19-48(95-44)77-18-17-47(66)73-61(77)86/h4-15,17-18,23,28-30,39-46,48-51,81H,3,16,19-22,24-27H2,1-2H3,(H2,66,73,86)(H2,67,69,70)(H,76,84,87)(H3,68,74,75,85)/t39-,40-,41-,42-,43+,44+,45+,46+,48+,49+,50+,51+,102?,103?,104?/m0/s1. The number of fused-ring (bicyclic) bond motifs is 2. The number of anilines is 3. The van der Waals surface area contributed by atoms with Gasteiger partial charge in [0.2, 0.25) is 5.95 Å². The van der Waals surface area contributed by atoms with Gasteiger partial charge in [-0.3, -0.25) is 69.8 Å². The van der Waals surface area contributed by atoms with E-state index in [2.05, 4.69) is 39.9 Å². The van der Waals surface area contributed by atoms with Crippen LogP contribution in [0.5, 0.6) is 0 Å². The van der Waals surface area contributed by atoms with Gasteiger partial charge in [0, 0.05) is 79.8 Å². The van der Waals surface area contributed by atoms with Gasteiger partial charge in [-0.05, 0) is 127 Å². The van der Waals surface area contributed by atoms with Crippen molar-refractivity contribution in [2.45, 2.75) is 141 Å². The topological polar surface area (TPSA) is 482 Å². The number of rotatable bonds is 30. The maximum atomic E-state index is 16.4. The van der Waals surface area contributed by atoms with Gasteiger partial charge in [0.05, 0.1) is 45.5 Å². The number of aromatic amines is 2. The molecular weight excluding hydrogens is 1590 g/mol. The largest absolute Gasteiger partial charge is 0.459 e. The number of hydrogen-bond donors (Lipinski definition) is 6. The van der Waals surface area contributed by atoms with Gasteiger partial charge >= 0.3 is 37.7 Å². The summed E-state index contributed by atoms with van der Waals surface area (Å²) in [7, 11) is 0. The zero-order valence-electron chi connectivity index (χ0n) is 55.9. The first-order valence-corrected chi connectivity index (χ1v) is 42.5. The number of H-pyrrole nitrogens is 2. The fourth-order valence-electron chi connectivity index (χ4n) is 11.8. The monoisotopic (exact) mass is 1650 g/mol. The summed E-state index contributed by atoms with van der Waals surface area (Å²) in [5, 5.41) is 11.7. The number of carbonyl (C=O) groups is 2.